The van der Waals surface area contributed by atoms with Crippen LogP contribution in [0.5, 0.6) is 0 Å². The van der Waals surface area contributed by atoms with Crippen LogP contribution in [0.25, 0.3) is 11.0 Å². The molecule has 9 heteroatoms. The first-order valence-electron chi connectivity index (χ1n) is 10.6. The number of aromatic nitrogens is 2. The van der Waals surface area contributed by atoms with Crippen LogP contribution in [0, 0.1) is 0 Å². The third-order valence-electron chi connectivity index (χ3n) is 5.34. The van der Waals surface area contributed by atoms with E-state index in [4.69, 9.17) is 5.73 Å². The Morgan fingerprint density at radius 3 is 2.38 bits per heavy atom. The second kappa shape index (κ2) is 13.0. The van der Waals surface area contributed by atoms with Gasteiger partial charge in [0.25, 0.3) is 0 Å². The van der Waals surface area contributed by atoms with Crippen molar-refractivity contribution >= 4 is 53.4 Å². The highest BCUT2D eigenvalue weighted by atomic mass is 35.5. The summed E-state index contributed by atoms with van der Waals surface area (Å²) >= 11 is 0. The van der Waals surface area contributed by atoms with Crippen LogP contribution in [0.4, 0.5) is 11.6 Å². The predicted molar refractivity (Wildman–Crippen MR) is 142 cm³/mol. The molecule has 4 rings (SSSR count). The van der Waals surface area contributed by atoms with Crippen molar-refractivity contribution in [1.82, 2.24) is 14.9 Å². The maximum atomic E-state index is 12.5. The van der Waals surface area contributed by atoms with Gasteiger partial charge in [0.2, 0.25) is 11.9 Å². The van der Waals surface area contributed by atoms with E-state index in [0.717, 1.165) is 40.8 Å². The van der Waals surface area contributed by atoms with E-state index in [9.17, 15) is 9.90 Å². The van der Waals surface area contributed by atoms with Crippen molar-refractivity contribution in [2.24, 2.45) is 0 Å². The molecule has 0 aliphatic rings. The SMILES string of the molecule is Cl.Cl.Nc1nc2ccccc2n1CC(=O)Nc1ccc(CCNC[C@H](O)c2ccccc2)cc1. The van der Waals surface area contributed by atoms with Crippen molar-refractivity contribution in [3.05, 3.63) is 90.0 Å². The molecule has 0 fully saturated rings. The number of amides is 1. The van der Waals surface area contributed by atoms with Gasteiger partial charge in [0.05, 0.1) is 17.1 Å². The number of imidazole rings is 1. The van der Waals surface area contributed by atoms with Crippen LogP contribution in [0.1, 0.15) is 17.2 Å². The zero-order valence-electron chi connectivity index (χ0n) is 18.6. The third kappa shape index (κ3) is 6.95. The van der Waals surface area contributed by atoms with E-state index in [1.54, 1.807) is 4.57 Å². The van der Waals surface area contributed by atoms with Gasteiger partial charge >= 0.3 is 0 Å². The number of nitrogens with two attached hydrogens (primary N) is 1. The number of aliphatic hydroxyl groups excluding tert-OH is 1. The van der Waals surface area contributed by atoms with Crippen molar-refractivity contribution in [3.8, 4) is 0 Å². The Morgan fingerprint density at radius 1 is 0.971 bits per heavy atom. The molecule has 1 atom stereocenters. The minimum absolute atomic E-state index is 0. The molecule has 1 amide bonds. The minimum Gasteiger partial charge on any atom is -0.387 e. The first kappa shape index (κ1) is 27.1. The molecular formula is C25H29Cl2N5O2. The molecule has 1 heterocycles. The number of aliphatic hydroxyl groups is 1. The number of fused-ring (bicyclic) bond motifs is 1. The molecule has 0 radical (unpaired) electrons. The topological polar surface area (TPSA) is 105 Å². The van der Waals surface area contributed by atoms with E-state index in [2.05, 4.69) is 15.6 Å². The van der Waals surface area contributed by atoms with Gasteiger partial charge in [-0.25, -0.2) is 4.98 Å². The Morgan fingerprint density at radius 2 is 1.65 bits per heavy atom. The average Bonchev–Trinajstić information content (AvgIpc) is 3.13. The van der Waals surface area contributed by atoms with Gasteiger partial charge in [0.1, 0.15) is 6.54 Å². The minimum atomic E-state index is -0.518. The number of nitrogens with one attached hydrogen (secondary N) is 2. The zero-order chi connectivity index (χ0) is 22.3. The largest absolute Gasteiger partial charge is 0.387 e. The number of nitrogens with zero attached hydrogens (tertiary/aromatic N) is 2. The number of hydrogen-bond acceptors (Lipinski definition) is 5. The van der Waals surface area contributed by atoms with Crippen LogP contribution in [0.3, 0.4) is 0 Å². The summed E-state index contributed by atoms with van der Waals surface area (Å²) < 4.78 is 1.70. The number of rotatable bonds is 9. The van der Waals surface area contributed by atoms with Crippen LogP contribution >= 0.6 is 24.8 Å². The maximum absolute atomic E-state index is 12.5. The number of hydrogen-bond donors (Lipinski definition) is 4. The van der Waals surface area contributed by atoms with Crippen molar-refractivity contribution in [2.45, 2.75) is 19.1 Å². The summed E-state index contributed by atoms with van der Waals surface area (Å²) in [6, 6.07) is 24.9. The molecule has 0 unspecified atom stereocenters. The molecule has 0 bridgehead atoms. The fraction of sp³-hybridized carbons (Fsp3) is 0.200. The number of benzene rings is 3. The van der Waals surface area contributed by atoms with Gasteiger partial charge in [-0.3, -0.25) is 4.79 Å². The van der Waals surface area contributed by atoms with E-state index in [0.29, 0.717) is 12.5 Å². The lowest BCUT2D eigenvalue weighted by Gasteiger charge is -2.12. The predicted octanol–water partition coefficient (Wildman–Crippen LogP) is 3.97. The number of carbonyl (C=O) groups excluding carboxylic acids is 1. The number of para-hydroxylation sites is 2. The highest BCUT2D eigenvalue weighted by Gasteiger charge is 2.11. The normalized spacial score (nSPS) is 11.3. The molecule has 1 aromatic heterocycles. The highest BCUT2D eigenvalue weighted by molar-refractivity contribution is 5.92. The van der Waals surface area contributed by atoms with Gasteiger partial charge in [-0.1, -0.05) is 54.6 Å². The Hall–Kier alpha value is -3.10. The van der Waals surface area contributed by atoms with Crippen molar-refractivity contribution in [1.29, 1.82) is 0 Å². The fourth-order valence-electron chi connectivity index (χ4n) is 3.62. The molecule has 4 aromatic rings. The lowest BCUT2D eigenvalue weighted by atomic mass is 10.1. The third-order valence-corrected chi connectivity index (χ3v) is 5.34. The smallest absolute Gasteiger partial charge is 0.244 e. The molecule has 0 spiro atoms. The average molecular weight is 502 g/mol. The van der Waals surface area contributed by atoms with E-state index in [1.807, 2.05) is 78.9 Å². The first-order valence-corrected chi connectivity index (χ1v) is 10.6. The van der Waals surface area contributed by atoms with Gasteiger partial charge in [-0.05, 0) is 48.4 Å². The van der Waals surface area contributed by atoms with Crippen LogP contribution in [0.15, 0.2) is 78.9 Å². The Balaban J connectivity index is 0.00000204. The van der Waals surface area contributed by atoms with E-state index < -0.39 is 6.10 Å². The second-order valence-corrected chi connectivity index (χ2v) is 7.67. The molecule has 0 aliphatic heterocycles. The quantitative estimate of drug-likeness (QED) is 0.259. The van der Waals surface area contributed by atoms with Crippen molar-refractivity contribution in [3.63, 3.8) is 0 Å². The van der Waals surface area contributed by atoms with Crippen LogP contribution in [0.2, 0.25) is 0 Å². The standard InChI is InChI=1S/C25H27N5O2.2ClH/c26-25-29-21-8-4-5-9-22(21)30(25)17-24(32)28-20-12-10-18(11-13-20)14-15-27-16-23(31)19-6-2-1-3-7-19;;/h1-13,23,27,31H,14-17H2,(H2,26,29)(H,28,32);2*1H/t23-;;/m0../s1. The molecule has 180 valence electrons. The van der Waals surface area contributed by atoms with Crippen LogP contribution in [-0.2, 0) is 17.8 Å². The summed E-state index contributed by atoms with van der Waals surface area (Å²) in [6.45, 7) is 1.36. The second-order valence-electron chi connectivity index (χ2n) is 7.67. The van der Waals surface area contributed by atoms with Gasteiger partial charge in [0.15, 0.2) is 0 Å². The molecule has 7 nitrogen and oxygen atoms in total. The summed E-state index contributed by atoms with van der Waals surface area (Å²) in [5.41, 5.74) is 10.4. The molecule has 0 aliphatic carbocycles. The fourth-order valence-corrected chi connectivity index (χ4v) is 3.62. The van der Waals surface area contributed by atoms with E-state index in [-0.39, 0.29) is 37.3 Å². The summed E-state index contributed by atoms with van der Waals surface area (Å²) in [4.78, 5) is 16.8. The number of carbonyl (C=O) groups is 1. The molecular weight excluding hydrogens is 473 g/mol. The zero-order valence-corrected chi connectivity index (χ0v) is 20.2. The summed E-state index contributed by atoms with van der Waals surface area (Å²) in [5, 5.41) is 16.4. The number of nitrogen functional groups attached to an aromatic ring is 1. The van der Waals surface area contributed by atoms with Crippen molar-refractivity contribution in [2.75, 3.05) is 24.1 Å². The van der Waals surface area contributed by atoms with E-state index in [1.165, 1.54) is 0 Å². The summed E-state index contributed by atoms with van der Waals surface area (Å²) in [5.74, 6) is 0.158. The Bertz CT molecular complexity index is 1180. The number of anilines is 2. The maximum Gasteiger partial charge on any atom is 0.244 e. The van der Waals surface area contributed by atoms with Crippen LogP contribution in [-0.4, -0.2) is 33.7 Å². The molecule has 0 saturated heterocycles. The summed E-state index contributed by atoms with van der Waals surface area (Å²) in [6.07, 6.45) is 0.309. The van der Waals surface area contributed by atoms with Gasteiger partial charge in [0, 0.05) is 12.2 Å². The molecule has 3 aromatic carbocycles. The Labute approximate surface area is 211 Å². The molecule has 34 heavy (non-hydrogen) atoms. The number of halogens is 2. The van der Waals surface area contributed by atoms with Gasteiger partial charge in [-0.2, -0.15) is 0 Å². The van der Waals surface area contributed by atoms with Crippen LogP contribution < -0.4 is 16.4 Å². The summed E-state index contributed by atoms with van der Waals surface area (Å²) in [7, 11) is 0. The van der Waals surface area contributed by atoms with Gasteiger partial charge < -0.3 is 26.0 Å². The lowest BCUT2D eigenvalue weighted by Crippen LogP contribution is -2.23. The monoisotopic (exact) mass is 501 g/mol. The Kier molecular flexibility index (Phi) is 10.3. The van der Waals surface area contributed by atoms with E-state index >= 15 is 0 Å². The van der Waals surface area contributed by atoms with Crippen molar-refractivity contribution < 1.29 is 9.90 Å². The first-order chi connectivity index (χ1) is 15.6. The lowest BCUT2D eigenvalue weighted by molar-refractivity contribution is -0.116. The molecule has 5 N–H and O–H groups in total. The highest BCUT2D eigenvalue weighted by Crippen LogP contribution is 2.18. The van der Waals surface area contributed by atoms with Gasteiger partial charge in [-0.15, -0.1) is 24.8 Å². The molecule has 0 saturated carbocycles.